The third kappa shape index (κ3) is 10.7. The number of hydrogen-bond donors (Lipinski definition) is 0. The Morgan fingerprint density at radius 1 is 0.867 bits per heavy atom. The van der Waals surface area contributed by atoms with Crippen LogP contribution in [0.3, 0.4) is 0 Å². The maximum Gasteiger partial charge on any atom is 0.134 e. The molecule has 2 aliphatic rings. The first kappa shape index (κ1) is 36.3. The molecule has 0 unspecified atom stereocenters. The predicted octanol–water partition coefficient (Wildman–Crippen LogP) is 8.96. The van der Waals surface area contributed by atoms with E-state index in [2.05, 4.69) is 45.9 Å². The first-order valence-electron chi connectivity index (χ1n) is 17.2. The molecule has 9 heteroatoms. The first-order valence-corrected chi connectivity index (χ1v) is 18.4. The van der Waals surface area contributed by atoms with Gasteiger partial charge in [0.2, 0.25) is 0 Å². The molecule has 7 nitrogen and oxygen atoms in total. The lowest BCUT2D eigenvalue weighted by Gasteiger charge is -2.46. The summed E-state index contributed by atoms with van der Waals surface area (Å²) >= 11 is 8.45. The van der Waals surface area contributed by atoms with E-state index in [0.717, 1.165) is 91.2 Å². The molecule has 45 heavy (non-hydrogen) atoms. The minimum atomic E-state index is -0.362. The maximum atomic E-state index is 6.96. The predicted molar refractivity (Wildman–Crippen MR) is 182 cm³/mol. The van der Waals surface area contributed by atoms with Gasteiger partial charge in [0.25, 0.3) is 0 Å². The van der Waals surface area contributed by atoms with Crippen LogP contribution in [0.4, 0.5) is 0 Å². The minimum absolute atomic E-state index is 0.287. The summed E-state index contributed by atoms with van der Waals surface area (Å²) in [6.07, 6.45) is 12.2. The van der Waals surface area contributed by atoms with Crippen molar-refractivity contribution in [3.63, 3.8) is 0 Å². The number of hydrogen-bond acceptors (Lipinski definition) is 8. The molecular weight excluding hydrogens is 610 g/mol. The molecule has 1 aromatic carbocycles. The van der Waals surface area contributed by atoms with Crippen molar-refractivity contribution in [2.75, 3.05) is 39.6 Å². The van der Waals surface area contributed by atoms with E-state index in [1.807, 2.05) is 12.3 Å². The molecule has 1 aromatic heterocycles. The summed E-state index contributed by atoms with van der Waals surface area (Å²) in [5, 5.41) is 1.70. The molecule has 0 bridgehead atoms. The van der Waals surface area contributed by atoms with Gasteiger partial charge < -0.3 is 28.4 Å². The van der Waals surface area contributed by atoms with Gasteiger partial charge in [-0.15, -0.1) is 11.3 Å². The second-order valence-corrected chi connectivity index (χ2v) is 13.5. The van der Waals surface area contributed by atoms with Crippen LogP contribution in [-0.2, 0) is 34.8 Å². The van der Waals surface area contributed by atoms with Gasteiger partial charge in [0.15, 0.2) is 0 Å². The lowest BCUT2D eigenvalue weighted by molar-refractivity contribution is -0.268. The van der Waals surface area contributed by atoms with Crippen molar-refractivity contribution in [3.05, 3.63) is 56.5 Å². The molecule has 1 fully saturated rings. The van der Waals surface area contributed by atoms with Crippen molar-refractivity contribution in [2.45, 2.75) is 122 Å². The Bertz CT molecular complexity index is 1160. The summed E-state index contributed by atoms with van der Waals surface area (Å²) in [6.45, 7) is 12.5. The number of thiazole rings is 1. The third-order valence-electron chi connectivity index (χ3n) is 8.22. The smallest absolute Gasteiger partial charge is 0.134 e. The summed E-state index contributed by atoms with van der Waals surface area (Å²) < 4.78 is 38.8. The zero-order valence-corrected chi connectivity index (χ0v) is 29.3. The Morgan fingerprint density at radius 2 is 1.53 bits per heavy atom. The summed E-state index contributed by atoms with van der Waals surface area (Å²) in [4.78, 5) is 5.75. The monoisotopic (exact) mass is 663 g/mol. The van der Waals surface area contributed by atoms with Gasteiger partial charge in [0.1, 0.15) is 36.3 Å². The minimum Gasteiger partial charge on any atom is -0.492 e. The standard InChI is InChI=1S/C36H54ClNO6S/c1-5-9-17-39-25-30-34(41-18-10-6-2)36(43-20-12-8-4)35(42-19-11-7-3)33(44-30)26-15-16-28(37)27(22-26)23-32-38-24-31(45-32)29-14-13-21-40-29/h14-16,22,24,30,33-36H,5-13,17-21,23,25H2,1-4H3/t30-,33+,34-,35+,36+/m1/s1. The molecular formula is C36H54ClNO6S. The van der Waals surface area contributed by atoms with Crippen molar-refractivity contribution in [1.29, 1.82) is 0 Å². The number of benzene rings is 1. The van der Waals surface area contributed by atoms with Gasteiger partial charge in [-0.3, -0.25) is 0 Å². The Hall–Kier alpha value is -1.52. The second-order valence-electron chi connectivity index (χ2n) is 11.9. The highest BCUT2D eigenvalue weighted by Gasteiger charge is 2.48. The molecule has 0 amide bonds. The second kappa shape index (κ2) is 20.0. The Labute approximate surface area is 279 Å². The molecule has 4 rings (SSSR count). The van der Waals surface area contributed by atoms with Crippen molar-refractivity contribution >= 4 is 28.7 Å². The van der Waals surface area contributed by atoms with Gasteiger partial charge >= 0.3 is 0 Å². The average Bonchev–Trinajstić information content (AvgIpc) is 3.75. The van der Waals surface area contributed by atoms with Crippen LogP contribution in [0.2, 0.25) is 5.02 Å². The molecule has 0 radical (unpaired) electrons. The molecule has 0 spiro atoms. The number of unbranched alkanes of at least 4 members (excludes halogenated alkanes) is 4. The van der Waals surface area contributed by atoms with Crippen molar-refractivity contribution in [1.82, 2.24) is 4.98 Å². The highest BCUT2D eigenvalue weighted by Crippen LogP contribution is 2.39. The van der Waals surface area contributed by atoms with E-state index in [1.54, 1.807) is 11.3 Å². The topological polar surface area (TPSA) is 68.3 Å². The van der Waals surface area contributed by atoms with Crippen molar-refractivity contribution in [2.24, 2.45) is 0 Å². The average molecular weight is 664 g/mol. The van der Waals surface area contributed by atoms with Gasteiger partial charge in [-0.25, -0.2) is 4.98 Å². The molecule has 1 saturated heterocycles. The number of aromatic nitrogens is 1. The highest BCUT2D eigenvalue weighted by molar-refractivity contribution is 7.12. The van der Waals surface area contributed by atoms with Crippen LogP contribution in [0.25, 0.3) is 5.76 Å². The van der Waals surface area contributed by atoms with Gasteiger partial charge in [0.05, 0.1) is 23.1 Å². The number of ether oxygens (including phenoxy) is 6. The van der Waals surface area contributed by atoms with Crippen LogP contribution in [-0.4, -0.2) is 69.0 Å². The third-order valence-corrected chi connectivity index (χ3v) is 9.60. The van der Waals surface area contributed by atoms with Crippen LogP contribution < -0.4 is 0 Å². The van der Waals surface area contributed by atoms with Gasteiger partial charge in [0, 0.05) is 50.5 Å². The summed E-state index contributed by atoms with van der Waals surface area (Å²) in [5.41, 5.74) is 2.02. The molecule has 2 aliphatic heterocycles. The van der Waals surface area contributed by atoms with E-state index in [-0.39, 0.29) is 30.5 Å². The van der Waals surface area contributed by atoms with Crippen molar-refractivity contribution < 1.29 is 28.4 Å². The quantitative estimate of drug-likeness (QED) is 0.124. The fraction of sp³-hybridized carbons (Fsp3) is 0.694. The van der Waals surface area contributed by atoms with Crippen LogP contribution in [0.1, 0.15) is 113 Å². The normalized spacial score (nSPS) is 23.3. The van der Waals surface area contributed by atoms with E-state index in [4.69, 9.17) is 45.0 Å². The zero-order valence-electron chi connectivity index (χ0n) is 27.8. The molecule has 3 heterocycles. The van der Waals surface area contributed by atoms with E-state index in [9.17, 15) is 0 Å². The van der Waals surface area contributed by atoms with Gasteiger partial charge in [-0.05, 0) is 49.0 Å². The molecule has 252 valence electrons. The van der Waals surface area contributed by atoms with Gasteiger partial charge in [-0.1, -0.05) is 77.1 Å². The number of rotatable bonds is 21. The molecule has 2 aromatic rings. The zero-order chi connectivity index (χ0) is 31.9. The number of halogens is 1. The first-order chi connectivity index (χ1) is 22.1. The summed E-state index contributed by atoms with van der Waals surface area (Å²) in [5.74, 6) is 0.929. The van der Waals surface area contributed by atoms with E-state index >= 15 is 0 Å². The largest absolute Gasteiger partial charge is 0.492 e. The lowest BCUT2D eigenvalue weighted by Crippen LogP contribution is -2.58. The van der Waals surface area contributed by atoms with Crippen LogP contribution in [0.15, 0.2) is 30.5 Å². The fourth-order valence-electron chi connectivity index (χ4n) is 5.59. The summed E-state index contributed by atoms with van der Waals surface area (Å²) in [6, 6.07) is 6.19. The Balaban J connectivity index is 1.64. The van der Waals surface area contributed by atoms with E-state index in [1.165, 1.54) is 0 Å². The molecule has 0 N–H and O–H groups in total. The van der Waals surface area contributed by atoms with Crippen LogP contribution in [0.5, 0.6) is 0 Å². The van der Waals surface area contributed by atoms with Gasteiger partial charge in [-0.2, -0.15) is 0 Å². The van der Waals surface area contributed by atoms with Crippen LogP contribution in [0, 0.1) is 0 Å². The van der Waals surface area contributed by atoms with Crippen LogP contribution >= 0.6 is 22.9 Å². The SMILES string of the molecule is CCCCOC[C@H]1O[C@@H](c2ccc(Cl)c(Cc3ncc(C4=CCCO4)s3)c2)[C@H](OCCCC)[C@@H](OCCCC)[C@@H]1OCCCC. The summed E-state index contributed by atoms with van der Waals surface area (Å²) in [7, 11) is 0. The molecule has 0 aliphatic carbocycles. The fourth-order valence-corrected chi connectivity index (χ4v) is 6.71. The maximum absolute atomic E-state index is 6.96. The lowest BCUT2D eigenvalue weighted by atomic mass is 9.89. The highest BCUT2D eigenvalue weighted by atomic mass is 35.5. The van der Waals surface area contributed by atoms with E-state index in [0.29, 0.717) is 44.5 Å². The van der Waals surface area contributed by atoms with E-state index < -0.39 is 0 Å². The Kier molecular flexibility index (Phi) is 16.1. The van der Waals surface area contributed by atoms with Crippen molar-refractivity contribution in [3.8, 4) is 0 Å². The Morgan fingerprint density at radius 3 is 2.20 bits per heavy atom. The number of nitrogens with zero attached hydrogens (tertiary/aromatic N) is 1. The molecule has 0 saturated carbocycles. The molecule has 5 atom stereocenters.